The van der Waals surface area contributed by atoms with E-state index in [9.17, 15) is 23.2 Å². The van der Waals surface area contributed by atoms with E-state index in [-0.39, 0.29) is 36.0 Å². The summed E-state index contributed by atoms with van der Waals surface area (Å²) < 4.78 is 34.6. The third-order valence-electron chi connectivity index (χ3n) is 6.06. The van der Waals surface area contributed by atoms with Crippen LogP contribution in [-0.4, -0.2) is 43.1 Å². The van der Waals surface area contributed by atoms with Crippen LogP contribution in [-0.2, 0) is 14.3 Å². The van der Waals surface area contributed by atoms with Gasteiger partial charge in [0.15, 0.2) is 0 Å². The normalized spacial score (nSPS) is 24.0. The lowest BCUT2D eigenvalue weighted by Gasteiger charge is -2.44. The number of anilines is 1. The van der Waals surface area contributed by atoms with Crippen LogP contribution in [0.5, 0.6) is 0 Å². The van der Waals surface area contributed by atoms with Gasteiger partial charge in [0.2, 0.25) is 11.8 Å². The Balaban J connectivity index is 1.32. The molecule has 7 nitrogen and oxygen atoms in total. The van der Waals surface area contributed by atoms with E-state index in [0.29, 0.717) is 18.8 Å². The standard InChI is InChI=1S/C21H25F2N3O4/c1-21(2)7-11(8-21)24-20(29)30-13-9-26(10-13)12-5-15(22)18(16(23)6-12)14-3-4-17(27)25-19(14)28/h5-6,11,13-14H,3-4,7-10H2,1-2H3,(H,24,29)(H,25,27,28)/t14-/m0/s1. The first-order chi connectivity index (χ1) is 14.1. The number of halogens is 2. The average Bonchev–Trinajstić information content (AvgIpc) is 2.57. The van der Waals surface area contributed by atoms with Gasteiger partial charge >= 0.3 is 6.09 Å². The summed E-state index contributed by atoms with van der Waals surface area (Å²) in [6.07, 6.45) is 1.13. The number of imide groups is 1. The number of alkyl carbamates (subject to hydrolysis) is 1. The van der Waals surface area contributed by atoms with Gasteiger partial charge in [0.1, 0.15) is 17.7 Å². The highest BCUT2D eigenvalue weighted by molar-refractivity contribution is 6.01. The van der Waals surface area contributed by atoms with Gasteiger partial charge in [0.25, 0.3) is 0 Å². The molecule has 3 amide bonds. The molecule has 30 heavy (non-hydrogen) atoms. The van der Waals surface area contributed by atoms with E-state index in [4.69, 9.17) is 4.74 Å². The number of ether oxygens (including phenoxy) is 1. The fourth-order valence-corrected chi connectivity index (χ4v) is 4.51. The second kappa shape index (κ2) is 7.52. The van der Waals surface area contributed by atoms with E-state index in [1.165, 1.54) is 12.1 Å². The molecule has 9 heteroatoms. The molecule has 4 rings (SSSR count). The van der Waals surface area contributed by atoms with E-state index in [0.717, 1.165) is 12.8 Å². The molecule has 3 fully saturated rings. The summed E-state index contributed by atoms with van der Waals surface area (Å²) >= 11 is 0. The summed E-state index contributed by atoms with van der Waals surface area (Å²) in [5.74, 6) is -3.80. The van der Waals surface area contributed by atoms with Crippen LogP contribution in [0.2, 0.25) is 0 Å². The predicted molar refractivity (Wildman–Crippen MR) is 104 cm³/mol. The molecule has 1 aromatic carbocycles. The summed E-state index contributed by atoms with van der Waals surface area (Å²) in [6, 6.07) is 2.48. The Morgan fingerprint density at radius 1 is 1.20 bits per heavy atom. The van der Waals surface area contributed by atoms with Crippen molar-refractivity contribution in [1.29, 1.82) is 0 Å². The maximum Gasteiger partial charge on any atom is 0.407 e. The van der Waals surface area contributed by atoms with Crippen LogP contribution >= 0.6 is 0 Å². The van der Waals surface area contributed by atoms with E-state index in [1.54, 1.807) is 4.90 Å². The van der Waals surface area contributed by atoms with Gasteiger partial charge in [-0.2, -0.15) is 0 Å². The lowest BCUT2D eigenvalue weighted by Crippen LogP contribution is -2.56. The van der Waals surface area contributed by atoms with Crippen LogP contribution in [0, 0.1) is 17.0 Å². The molecule has 2 heterocycles. The number of nitrogens with zero attached hydrogens (tertiary/aromatic N) is 1. The number of carbonyl (C=O) groups is 3. The van der Waals surface area contributed by atoms with Crippen LogP contribution < -0.4 is 15.5 Å². The first-order valence-corrected chi connectivity index (χ1v) is 10.2. The highest BCUT2D eigenvalue weighted by Gasteiger charge is 2.39. The Kier molecular flexibility index (Phi) is 5.15. The summed E-state index contributed by atoms with van der Waals surface area (Å²) in [5, 5.41) is 4.95. The first-order valence-electron chi connectivity index (χ1n) is 10.2. The van der Waals surface area contributed by atoms with Crippen molar-refractivity contribution >= 4 is 23.6 Å². The number of amides is 3. The SMILES string of the molecule is CC1(C)CC(NC(=O)OC2CN(c3cc(F)c([C@@H]4CCC(=O)NC4=O)c(F)c3)C2)C1. The minimum atomic E-state index is -1.02. The molecule has 1 aromatic rings. The Hall–Kier alpha value is -2.71. The maximum absolute atomic E-state index is 14.6. The molecular weight excluding hydrogens is 396 g/mol. The summed E-state index contributed by atoms with van der Waals surface area (Å²) in [6.45, 7) is 4.95. The second-order valence-corrected chi connectivity index (χ2v) is 9.17. The van der Waals surface area contributed by atoms with Gasteiger partial charge in [-0.15, -0.1) is 0 Å². The molecular formula is C21H25F2N3O4. The summed E-state index contributed by atoms with van der Waals surface area (Å²) in [4.78, 5) is 36.9. The number of hydrogen-bond acceptors (Lipinski definition) is 5. The predicted octanol–water partition coefficient (Wildman–Crippen LogP) is 2.59. The van der Waals surface area contributed by atoms with Crippen molar-refractivity contribution in [2.75, 3.05) is 18.0 Å². The summed E-state index contributed by atoms with van der Waals surface area (Å²) in [7, 11) is 0. The summed E-state index contributed by atoms with van der Waals surface area (Å²) in [5.41, 5.74) is 0.251. The van der Waals surface area contributed by atoms with Gasteiger partial charge in [-0.1, -0.05) is 13.8 Å². The van der Waals surface area contributed by atoms with Crippen molar-refractivity contribution in [3.63, 3.8) is 0 Å². The fourth-order valence-electron chi connectivity index (χ4n) is 4.51. The quantitative estimate of drug-likeness (QED) is 0.730. The van der Waals surface area contributed by atoms with Crippen molar-refractivity contribution in [2.45, 2.75) is 57.6 Å². The zero-order chi connectivity index (χ0) is 21.6. The molecule has 0 bridgehead atoms. The highest BCUT2D eigenvalue weighted by Crippen LogP contribution is 2.40. The molecule has 1 aliphatic carbocycles. The molecule has 3 aliphatic rings. The van der Waals surface area contributed by atoms with Crippen molar-refractivity contribution in [3.8, 4) is 0 Å². The van der Waals surface area contributed by atoms with Crippen molar-refractivity contribution in [3.05, 3.63) is 29.3 Å². The minimum absolute atomic E-state index is 0.0442. The topological polar surface area (TPSA) is 87.7 Å². The van der Waals surface area contributed by atoms with Gasteiger partial charge in [0.05, 0.1) is 19.0 Å². The number of piperidine rings is 1. The number of rotatable bonds is 4. The van der Waals surface area contributed by atoms with E-state index >= 15 is 0 Å². The minimum Gasteiger partial charge on any atom is -0.442 e. The number of benzene rings is 1. The van der Waals surface area contributed by atoms with Crippen molar-refractivity contribution in [2.24, 2.45) is 5.41 Å². The average molecular weight is 421 g/mol. The number of carbonyl (C=O) groups excluding carboxylic acids is 3. The fraction of sp³-hybridized carbons (Fsp3) is 0.571. The van der Waals surface area contributed by atoms with Crippen molar-refractivity contribution in [1.82, 2.24) is 10.6 Å². The Morgan fingerprint density at radius 2 is 1.83 bits per heavy atom. The molecule has 0 spiro atoms. The third-order valence-corrected chi connectivity index (χ3v) is 6.06. The third kappa shape index (κ3) is 4.11. The van der Waals surface area contributed by atoms with Crippen molar-refractivity contribution < 1.29 is 27.9 Å². The second-order valence-electron chi connectivity index (χ2n) is 9.17. The molecule has 2 aliphatic heterocycles. The first kappa shape index (κ1) is 20.6. The molecule has 0 radical (unpaired) electrons. The Morgan fingerprint density at radius 3 is 2.40 bits per heavy atom. The molecule has 0 aromatic heterocycles. The monoisotopic (exact) mass is 421 g/mol. The van der Waals surface area contributed by atoms with Crippen LogP contribution in [0.25, 0.3) is 0 Å². The molecule has 2 N–H and O–H groups in total. The number of hydrogen-bond donors (Lipinski definition) is 2. The molecule has 2 saturated heterocycles. The van der Waals surface area contributed by atoms with Gasteiger partial charge < -0.3 is 15.0 Å². The van der Waals surface area contributed by atoms with E-state index < -0.39 is 35.5 Å². The van der Waals surface area contributed by atoms with E-state index in [1.807, 2.05) is 0 Å². The largest absolute Gasteiger partial charge is 0.442 e. The lowest BCUT2D eigenvalue weighted by molar-refractivity contribution is -0.134. The van der Waals surface area contributed by atoms with Crippen LogP contribution in [0.15, 0.2) is 12.1 Å². The van der Waals surface area contributed by atoms with Gasteiger partial charge in [-0.25, -0.2) is 13.6 Å². The zero-order valence-corrected chi connectivity index (χ0v) is 17.0. The smallest absolute Gasteiger partial charge is 0.407 e. The Bertz CT molecular complexity index is 867. The van der Waals surface area contributed by atoms with Gasteiger partial charge in [-0.3, -0.25) is 14.9 Å². The van der Waals surface area contributed by atoms with Crippen LogP contribution in [0.4, 0.5) is 19.3 Å². The van der Waals surface area contributed by atoms with Gasteiger partial charge in [0, 0.05) is 23.7 Å². The molecule has 162 valence electrons. The van der Waals surface area contributed by atoms with Gasteiger partial charge in [-0.05, 0) is 36.8 Å². The zero-order valence-electron chi connectivity index (χ0n) is 17.0. The molecule has 1 atom stereocenters. The number of nitrogens with one attached hydrogen (secondary N) is 2. The van der Waals surface area contributed by atoms with Crippen LogP contribution in [0.3, 0.4) is 0 Å². The van der Waals surface area contributed by atoms with E-state index in [2.05, 4.69) is 24.5 Å². The van der Waals surface area contributed by atoms with Crippen LogP contribution in [0.1, 0.15) is 51.0 Å². The molecule has 0 unspecified atom stereocenters. The maximum atomic E-state index is 14.6. The lowest BCUT2D eigenvalue weighted by atomic mass is 9.68. The molecule has 1 saturated carbocycles. The Labute approximate surface area is 173 Å². The highest BCUT2D eigenvalue weighted by atomic mass is 19.1.